The maximum Gasteiger partial charge on any atom is 0.216 e. The fraction of sp³-hybridized carbons (Fsp3) is 0.400. The van der Waals surface area contributed by atoms with Crippen molar-refractivity contribution in [2.45, 2.75) is 71.4 Å². The Kier molecular flexibility index (Phi) is 3.59. The molecule has 1 aliphatic rings. The molecular formula is C30H33N2O+. The highest BCUT2D eigenvalue weighted by Gasteiger charge is 2.25. The summed E-state index contributed by atoms with van der Waals surface area (Å²) in [5.41, 5.74) is 4.58. The lowest BCUT2D eigenvalue weighted by Crippen LogP contribution is -2.35. The number of aromatic nitrogens is 1. The van der Waals surface area contributed by atoms with Crippen LogP contribution in [-0.4, -0.2) is 0 Å². The Morgan fingerprint density at radius 1 is 1.12 bits per heavy atom. The van der Waals surface area contributed by atoms with Crippen LogP contribution >= 0.6 is 0 Å². The first-order valence-electron chi connectivity index (χ1n) is 15.4. The van der Waals surface area contributed by atoms with Gasteiger partial charge < -0.3 is 4.42 Å². The van der Waals surface area contributed by atoms with Crippen LogP contribution in [0.3, 0.4) is 0 Å². The van der Waals surface area contributed by atoms with Crippen molar-refractivity contribution in [1.82, 2.24) is 0 Å². The molecule has 1 saturated carbocycles. The van der Waals surface area contributed by atoms with Gasteiger partial charge in [-0.1, -0.05) is 51.2 Å². The highest BCUT2D eigenvalue weighted by Crippen LogP contribution is 2.44. The average Bonchev–Trinajstić information content (AvgIpc) is 3.25. The summed E-state index contributed by atoms with van der Waals surface area (Å²) < 4.78 is 74.2. The van der Waals surface area contributed by atoms with E-state index in [0.717, 1.165) is 35.6 Å². The van der Waals surface area contributed by atoms with Gasteiger partial charge in [0.05, 0.1) is 12.1 Å². The SMILES string of the molecule is [2H]C1(c2cc3c(cc2[N+]#[C-])oc2c(-c4cc(C([2H])(C([2H])([2H])[2H])C([2H])([2H])[2H])cc(C)[n+]4C)c(C)ccc23)CCCCC1. The molecule has 0 saturated heterocycles. The van der Waals surface area contributed by atoms with Gasteiger partial charge in [0.1, 0.15) is 18.2 Å². The number of nitrogens with zero attached hydrogens (tertiary/aromatic N) is 2. The van der Waals surface area contributed by atoms with Gasteiger partial charge in [-0.15, -0.1) is 0 Å². The third-order valence-electron chi connectivity index (χ3n) is 7.02. The molecule has 0 atom stereocenters. The average molecular weight is 446 g/mol. The number of aryl methyl sites for hydroxylation is 2. The number of fused-ring (bicyclic) bond motifs is 3. The summed E-state index contributed by atoms with van der Waals surface area (Å²) in [4.78, 5) is 3.76. The fourth-order valence-corrected chi connectivity index (χ4v) is 5.10. The van der Waals surface area contributed by atoms with E-state index in [1.165, 1.54) is 12.1 Å². The van der Waals surface area contributed by atoms with Crippen LogP contribution in [0.5, 0.6) is 0 Å². The van der Waals surface area contributed by atoms with E-state index in [1.54, 1.807) is 20.0 Å². The van der Waals surface area contributed by atoms with Crippen molar-refractivity contribution in [3.63, 3.8) is 0 Å². The molecule has 0 spiro atoms. The van der Waals surface area contributed by atoms with Gasteiger partial charge >= 0.3 is 0 Å². The lowest BCUT2D eigenvalue weighted by atomic mass is 9.83. The zero-order chi connectivity index (χ0) is 30.1. The minimum atomic E-state index is -3.11. The maximum absolute atomic E-state index is 9.20. The van der Waals surface area contributed by atoms with Crippen LogP contribution < -0.4 is 4.57 Å². The van der Waals surface area contributed by atoms with Crippen molar-refractivity contribution in [1.29, 1.82) is 0 Å². The van der Waals surface area contributed by atoms with Crippen LogP contribution in [0, 0.1) is 20.4 Å². The summed E-state index contributed by atoms with van der Waals surface area (Å²) in [6, 6.07) is 10.4. The van der Waals surface area contributed by atoms with Gasteiger partial charge in [0.2, 0.25) is 5.69 Å². The van der Waals surface area contributed by atoms with Crippen LogP contribution in [0.1, 0.15) is 90.9 Å². The van der Waals surface area contributed by atoms with Crippen LogP contribution in [0.4, 0.5) is 5.69 Å². The smallest absolute Gasteiger partial charge is 0.216 e. The number of furan rings is 1. The molecule has 3 nitrogen and oxygen atoms in total. The molecule has 0 bridgehead atoms. The Morgan fingerprint density at radius 3 is 2.64 bits per heavy atom. The fourth-order valence-electron chi connectivity index (χ4n) is 5.10. The molecule has 0 radical (unpaired) electrons. The van der Waals surface area contributed by atoms with E-state index in [0.29, 0.717) is 52.2 Å². The molecule has 0 unspecified atom stereocenters. The zero-order valence-electron chi connectivity index (χ0n) is 27.3. The van der Waals surface area contributed by atoms with E-state index < -0.39 is 25.5 Å². The van der Waals surface area contributed by atoms with Gasteiger partial charge in [-0.3, -0.25) is 0 Å². The summed E-state index contributed by atoms with van der Waals surface area (Å²) in [5, 5.41) is 1.57. The Morgan fingerprint density at radius 2 is 1.91 bits per heavy atom. The van der Waals surface area contributed by atoms with E-state index in [2.05, 4.69) is 4.85 Å². The number of benzene rings is 2. The summed E-state index contributed by atoms with van der Waals surface area (Å²) in [6.07, 6.45) is 4.39. The second-order valence-electron chi connectivity index (χ2n) is 9.08. The highest BCUT2D eigenvalue weighted by atomic mass is 16.3. The molecule has 1 aliphatic carbocycles. The first kappa shape index (κ1) is 14.2. The summed E-state index contributed by atoms with van der Waals surface area (Å²) >= 11 is 0. The number of hydrogen-bond donors (Lipinski definition) is 0. The van der Waals surface area contributed by atoms with Crippen molar-refractivity contribution in [2.24, 2.45) is 7.05 Å². The number of hydrogen-bond acceptors (Lipinski definition) is 1. The normalized spacial score (nSPS) is 20.5. The lowest BCUT2D eigenvalue weighted by Gasteiger charge is -2.23. The van der Waals surface area contributed by atoms with Gasteiger partial charge in [0.15, 0.2) is 11.4 Å². The van der Waals surface area contributed by atoms with E-state index in [9.17, 15) is 1.37 Å². The van der Waals surface area contributed by atoms with E-state index in [4.69, 9.17) is 20.6 Å². The molecule has 2 aromatic heterocycles. The largest absolute Gasteiger partial charge is 0.456 e. The van der Waals surface area contributed by atoms with Crippen LogP contribution in [0.15, 0.2) is 40.8 Å². The molecule has 2 heterocycles. The van der Waals surface area contributed by atoms with E-state index in [-0.39, 0.29) is 5.56 Å². The van der Waals surface area contributed by atoms with Crippen molar-refractivity contribution in [2.75, 3.05) is 0 Å². The Labute approximate surface area is 208 Å². The molecule has 5 rings (SSSR count). The van der Waals surface area contributed by atoms with Crippen molar-refractivity contribution in [3.05, 3.63) is 70.2 Å². The van der Waals surface area contributed by atoms with E-state index >= 15 is 0 Å². The third kappa shape index (κ3) is 3.62. The summed E-state index contributed by atoms with van der Waals surface area (Å²) in [5.74, 6) is -3.67. The van der Waals surface area contributed by atoms with Crippen molar-refractivity contribution in [3.8, 4) is 11.3 Å². The quantitative estimate of drug-likeness (QED) is 0.229. The van der Waals surface area contributed by atoms with Crippen molar-refractivity contribution < 1.29 is 20.0 Å². The molecule has 33 heavy (non-hydrogen) atoms. The predicted octanol–water partition coefficient (Wildman–Crippen LogP) is 8.42. The topological polar surface area (TPSA) is 21.4 Å². The molecule has 0 aliphatic heterocycles. The lowest BCUT2D eigenvalue weighted by molar-refractivity contribution is -0.666. The van der Waals surface area contributed by atoms with Crippen molar-refractivity contribution >= 4 is 27.6 Å². The molecule has 0 N–H and O–H groups in total. The number of pyridine rings is 1. The third-order valence-corrected chi connectivity index (χ3v) is 7.02. The Bertz CT molecular complexity index is 1710. The Balaban J connectivity index is 1.81. The van der Waals surface area contributed by atoms with Gasteiger partial charge in [-0.2, -0.15) is 4.57 Å². The van der Waals surface area contributed by atoms with Gasteiger partial charge in [0.25, 0.3) is 0 Å². The standard InChI is InChI=1S/C30H33N2O/c1-18(2)22-14-20(4)32(6)27(15-22)29-19(3)12-13-23-25-16-24(21-10-8-7-9-11-21)26(31-5)17-28(25)33-30(23)29/h12-18,21H,7-11H2,1-4,6H3/q+1/i1D3,2D3,18D,21D. The van der Waals surface area contributed by atoms with Gasteiger partial charge in [0, 0.05) is 40.8 Å². The molecular weight excluding hydrogens is 404 g/mol. The monoisotopic (exact) mass is 445 g/mol. The first-order valence-corrected chi connectivity index (χ1v) is 11.4. The maximum atomic E-state index is 9.20. The van der Waals surface area contributed by atoms with Crippen LogP contribution in [0.25, 0.3) is 38.0 Å². The van der Waals surface area contributed by atoms with Gasteiger partial charge in [-0.05, 0) is 54.3 Å². The second kappa shape index (κ2) is 8.34. The predicted molar refractivity (Wildman–Crippen MR) is 136 cm³/mol. The molecule has 4 aromatic rings. The first-order chi connectivity index (χ1) is 19.0. The molecule has 1 fully saturated rings. The number of rotatable bonds is 3. The highest BCUT2D eigenvalue weighted by molar-refractivity contribution is 6.10. The second-order valence-corrected chi connectivity index (χ2v) is 9.08. The zero-order valence-corrected chi connectivity index (χ0v) is 19.3. The van der Waals surface area contributed by atoms with Crippen LogP contribution in [-0.2, 0) is 7.05 Å². The molecule has 0 amide bonds. The molecule has 2 aromatic carbocycles. The molecule has 168 valence electrons. The minimum absolute atomic E-state index is 0.123. The van der Waals surface area contributed by atoms with Gasteiger partial charge in [-0.25, -0.2) is 4.85 Å². The minimum Gasteiger partial charge on any atom is -0.456 e. The Hall–Kier alpha value is -3.12. The van der Waals surface area contributed by atoms with E-state index in [1.807, 2.05) is 29.7 Å². The van der Waals surface area contributed by atoms with Crippen LogP contribution in [0.2, 0.25) is 0 Å². The summed E-state index contributed by atoms with van der Waals surface area (Å²) in [7, 11) is 1.80. The summed E-state index contributed by atoms with van der Waals surface area (Å²) in [6.45, 7) is 5.24. The molecule has 3 heteroatoms.